The molecule has 1 amide bonds. The SMILES string of the molecule is CC1CCC(NS(=O)(=O)CC(=O)NC2CCCNC2C)CC1.Cl. The molecule has 2 unspecified atom stereocenters. The summed E-state index contributed by atoms with van der Waals surface area (Å²) in [5.74, 6) is -0.205. The average molecular weight is 368 g/mol. The van der Waals surface area contributed by atoms with Crippen LogP contribution in [0, 0.1) is 5.92 Å². The summed E-state index contributed by atoms with van der Waals surface area (Å²) < 4.78 is 26.9. The number of sulfonamides is 1. The maximum atomic E-state index is 12.1. The van der Waals surface area contributed by atoms with Crippen LogP contribution in [0.5, 0.6) is 0 Å². The number of carbonyl (C=O) groups excluding carboxylic acids is 1. The minimum atomic E-state index is -3.55. The third-order valence-corrected chi connectivity index (χ3v) is 6.13. The lowest BCUT2D eigenvalue weighted by Gasteiger charge is -2.31. The highest BCUT2D eigenvalue weighted by Crippen LogP contribution is 2.23. The number of nitrogens with one attached hydrogen (secondary N) is 3. The van der Waals surface area contributed by atoms with Crippen LogP contribution in [-0.2, 0) is 14.8 Å². The van der Waals surface area contributed by atoms with Crippen molar-refractivity contribution in [2.24, 2.45) is 5.92 Å². The Morgan fingerprint density at radius 1 is 1.13 bits per heavy atom. The third kappa shape index (κ3) is 6.95. The molecule has 2 atom stereocenters. The normalized spacial score (nSPS) is 31.9. The van der Waals surface area contributed by atoms with Crippen LogP contribution in [-0.4, -0.2) is 44.7 Å². The molecule has 1 heterocycles. The standard InChI is InChI=1S/C15H29N3O3S.ClH/c1-11-5-7-13(8-6-11)18-22(20,21)10-15(19)17-14-4-3-9-16-12(14)2;/h11-14,16,18H,3-10H2,1-2H3,(H,17,19);1H. The van der Waals surface area contributed by atoms with E-state index in [0.29, 0.717) is 5.92 Å². The van der Waals surface area contributed by atoms with Gasteiger partial charge in [0.2, 0.25) is 15.9 Å². The van der Waals surface area contributed by atoms with Gasteiger partial charge in [-0.25, -0.2) is 13.1 Å². The van der Waals surface area contributed by atoms with Crippen molar-refractivity contribution in [2.45, 2.75) is 70.5 Å². The fourth-order valence-corrected chi connectivity index (χ4v) is 4.59. The molecule has 1 saturated carbocycles. The van der Waals surface area contributed by atoms with Crippen molar-refractivity contribution in [3.8, 4) is 0 Å². The van der Waals surface area contributed by atoms with Gasteiger partial charge in [-0.1, -0.05) is 6.92 Å². The summed E-state index contributed by atoms with van der Waals surface area (Å²) in [5, 5.41) is 6.14. The van der Waals surface area contributed by atoms with Gasteiger partial charge in [-0.15, -0.1) is 12.4 Å². The number of halogens is 1. The number of hydrogen-bond acceptors (Lipinski definition) is 4. The highest BCUT2D eigenvalue weighted by molar-refractivity contribution is 7.90. The van der Waals surface area contributed by atoms with Crippen LogP contribution in [0.1, 0.15) is 52.4 Å². The first-order chi connectivity index (χ1) is 10.4. The molecule has 1 aliphatic carbocycles. The Hall–Kier alpha value is -0.370. The fourth-order valence-electron chi connectivity index (χ4n) is 3.34. The van der Waals surface area contributed by atoms with Crippen molar-refractivity contribution in [2.75, 3.05) is 12.3 Å². The van der Waals surface area contributed by atoms with E-state index in [9.17, 15) is 13.2 Å². The molecule has 0 bridgehead atoms. The number of hydrogen-bond donors (Lipinski definition) is 3. The van der Waals surface area contributed by atoms with E-state index in [2.05, 4.69) is 22.3 Å². The molecule has 2 aliphatic rings. The van der Waals surface area contributed by atoms with Crippen LogP contribution in [0.25, 0.3) is 0 Å². The monoisotopic (exact) mass is 367 g/mol. The number of carbonyl (C=O) groups is 1. The van der Waals surface area contributed by atoms with Gasteiger partial charge >= 0.3 is 0 Å². The zero-order chi connectivity index (χ0) is 16.2. The Kier molecular flexibility index (Phi) is 8.27. The highest BCUT2D eigenvalue weighted by Gasteiger charge is 2.27. The van der Waals surface area contributed by atoms with Crippen molar-refractivity contribution in [1.29, 1.82) is 0 Å². The lowest BCUT2D eigenvalue weighted by atomic mass is 9.88. The molecule has 0 aromatic heterocycles. The Morgan fingerprint density at radius 3 is 2.39 bits per heavy atom. The van der Waals surface area contributed by atoms with E-state index in [-0.39, 0.29) is 30.5 Å². The molecule has 2 rings (SSSR count). The van der Waals surface area contributed by atoms with Crippen molar-refractivity contribution >= 4 is 28.3 Å². The lowest BCUT2D eigenvalue weighted by molar-refractivity contribution is -0.119. The number of piperidine rings is 1. The van der Waals surface area contributed by atoms with E-state index in [1.807, 2.05) is 6.92 Å². The van der Waals surface area contributed by atoms with Crippen LogP contribution >= 0.6 is 12.4 Å². The number of rotatable bonds is 5. The zero-order valence-corrected chi connectivity index (χ0v) is 15.6. The molecule has 0 aromatic carbocycles. The summed E-state index contributed by atoms with van der Waals surface area (Å²) in [6.07, 6.45) is 5.72. The van der Waals surface area contributed by atoms with Gasteiger partial charge in [0, 0.05) is 18.1 Å². The Labute approximate surface area is 146 Å². The Bertz CT molecular complexity index is 478. The van der Waals surface area contributed by atoms with Crippen LogP contribution in [0.15, 0.2) is 0 Å². The molecule has 1 saturated heterocycles. The first-order valence-electron chi connectivity index (χ1n) is 8.38. The molecular formula is C15H30ClN3O3S. The average Bonchev–Trinajstić information content (AvgIpc) is 2.43. The molecule has 6 nitrogen and oxygen atoms in total. The van der Waals surface area contributed by atoms with E-state index in [1.54, 1.807) is 0 Å². The van der Waals surface area contributed by atoms with E-state index in [1.165, 1.54) is 0 Å². The van der Waals surface area contributed by atoms with E-state index < -0.39 is 21.7 Å². The Morgan fingerprint density at radius 2 is 1.78 bits per heavy atom. The largest absolute Gasteiger partial charge is 0.351 e. The summed E-state index contributed by atoms with van der Waals surface area (Å²) in [7, 11) is -3.55. The topological polar surface area (TPSA) is 87.3 Å². The van der Waals surface area contributed by atoms with Gasteiger partial charge in [0.25, 0.3) is 0 Å². The van der Waals surface area contributed by atoms with Gasteiger partial charge < -0.3 is 10.6 Å². The second-order valence-corrected chi connectivity index (χ2v) is 8.65. The van der Waals surface area contributed by atoms with Gasteiger partial charge in [-0.2, -0.15) is 0 Å². The lowest BCUT2D eigenvalue weighted by Crippen LogP contribution is -2.53. The quantitative estimate of drug-likeness (QED) is 0.680. The predicted octanol–water partition coefficient (Wildman–Crippen LogP) is 1.16. The highest BCUT2D eigenvalue weighted by atomic mass is 35.5. The molecule has 136 valence electrons. The number of amides is 1. The molecule has 23 heavy (non-hydrogen) atoms. The maximum Gasteiger partial charge on any atom is 0.236 e. The summed E-state index contributed by atoms with van der Waals surface area (Å²) in [6.45, 7) is 5.16. The van der Waals surface area contributed by atoms with E-state index >= 15 is 0 Å². The molecule has 0 aromatic rings. The van der Waals surface area contributed by atoms with Crippen molar-refractivity contribution in [3.63, 3.8) is 0 Å². The summed E-state index contributed by atoms with van der Waals surface area (Å²) in [5.41, 5.74) is 0. The molecule has 1 aliphatic heterocycles. The first kappa shape index (κ1) is 20.7. The predicted molar refractivity (Wildman–Crippen MR) is 94.2 cm³/mol. The second kappa shape index (κ2) is 9.20. The van der Waals surface area contributed by atoms with Gasteiger partial charge in [-0.3, -0.25) is 4.79 Å². The molecule has 8 heteroatoms. The Balaban J connectivity index is 0.00000264. The van der Waals surface area contributed by atoms with Crippen LogP contribution in [0.4, 0.5) is 0 Å². The van der Waals surface area contributed by atoms with Crippen molar-refractivity contribution < 1.29 is 13.2 Å². The smallest absolute Gasteiger partial charge is 0.236 e. The molecule has 0 radical (unpaired) electrons. The van der Waals surface area contributed by atoms with Gasteiger partial charge in [0.05, 0.1) is 0 Å². The summed E-state index contributed by atoms with van der Waals surface area (Å²) in [4.78, 5) is 12.0. The van der Waals surface area contributed by atoms with Gasteiger partial charge in [0.15, 0.2) is 0 Å². The third-order valence-electron chi connectivity index (χ3n) is 4.79. The summed E-state index contributed by atoms with van der Waals surface area (Å²) in [6, 6.07) is 0.199. The molecule has 2 fully saturated rings. The van der Waals surface area contributed by atoms with Crippen molar-refractivity contribution in [3.05, 3.63) is 0 Å². The maximum absolute atomic E-state index is 12.1. The molecule has 3 N–H and O–H groups in total. The van der Waals surface area contributed by atoms with E-state index in [4.69, 9.17) is 0 Å². The molecule has 0 spiro atoms. The minimum Gasteiger partial charge on any atom is -0.351 e. The van der Waals surface area contributed by atoms with Crippen LogP contribution < -0.4 is 15.4 Å². The first-order valence-corrected chi connectivity index (χ1v) is 10.0. The van der Waals surface area contributed by atoms with E-state index in [0.717, 1.165) is 45.1 Å². The van der Waals surface area contributed by atoms with Crippen LogP contribution in [0.3, 0.4) is 0 Å². The van der Waals surface area contributed by atoms with Gasteiger partial charge in [0.1, 0.15) is 5.75 Å². The van der Waals surface area contributed by atoms with Crippen molar-refractivity contribution in [1.82, 2.24) is 15.4 Å². The fraction of sp³-hybridized carbons (Fsp3) is 0.933. The zero-order valence-electron chi connectivity index (χ0n) is 14.0. The second-order valence-electron chi connectivity index (χ2n) is 6.89. The minimum absolute atomic E-state index is 0. The molecular weight excluding hydrogens is 338 g/mol. The van der Waals surface area contributed by atoms with Crippen LogP contribution in [0.2, 0.25) is 0 Å². The van der Waals surface area contributed by atoms with Gasteiger partial charge in [-0.05, 0) is 57.9 Å². The summed E-state index contributed by atoms with van der Waals surface area (Å²) >= 11 is 0.